The summed E-state index contributed by atoms with van der Waals surface area (Å²) in [5, 5.41) is 2.77. The fourth-order valence-electron chi connectivity index (χ4n) is 2.33. The summed E-state index contributed by atoms with van der Waals surface area (Å²) in [7, 11) is 0. The maximum Gasteiger partial charge on any atom is 0.251 e. The van der Waals surface area contributed by atoms with E-state index < -0.39 is 5.82 Å². The number of nitrogens with one attached hydrogen (secondary N) is 1. The average Bonchev–Trinajstić information content (AvgIpc) is 2.50. The second kappa shape index (κ2) is 6.87. The van der Waals surface area contributed by atoms with Crippen molar-refractivity contribution in [1.82, 2.24) is 10.2 Å². The average molecular weight is 295 g/mol. The number of hydrogen-bond donors (Lipinski definition) is 2. The summed E-state index contributed by atoms with van der Waals surface area (Å²) in [4.78, 5) is 14.3. The van der Waals surface area contributed by atoms with E-state index in [2.05, 4.69) is 17.1 Å². The number of nitrogen functional groups attached to an aromatic ring is 1. The number of carbonyl (C=O) groups is 1. The molecule has 1 unspecified atom stereocenters. The zero-order chi connectivity index (χ0) is 15.4. The number of likely N-dealkylation sites (N-methyl/N-ethyl adjacent to an activating group) is 1. The topological polar surface area (TPSA) is 67.6 Å². The summed E-state index contributed by atoms with van der Waals surface area (Å²) in [6, 6.07) is 2.70. The van der Waals surface area contributed by atoms with E-state index in [1.54, 1.807) is 6.92 Å². The van der Waals surface area contributed by atoms with Gasteiger partial charge in [0.25, 0.3) is 5.91 Å². The van der Waals surface area contributed by atoms with Gasteiger partial charge in [-0.3, -0.25) is 9.69 Å². The smallest absolute Gasteiger partial charge is 0.251 e. The van der Waals surface area contributed by atoms with E-state index in [1.807, 2.05) is 0 Å². The predicted octanol–water partition coefficient (Wildman–Crippen LogP) is 1.17. The molecule has 1 saturated heterocycles. The molecular formula is C15H22FN3O2. The minimum atomic E-state index is -0.466. The lowest BCUT2D eigenvalue weighted by Gasteiger charge is -2.32. The van der Waals surface area contributed by atoms with Crippen molar-refractivity contribution in [2.24, 2.45) is 0 Å². The van der Waals surface area contributed by atoms with E-state index in [0.717, 1.165) is 19.6 Å². The summed E-state index contributed by atoms with van der Waals surface area (Å²) < 4.78 is 19.2. The molecule has 0 radical (unpaired) electrons. The number of anilines is 1. The number of nitrogens with two attached hydrogens (primary N) is 1. The van der Waals surface area contributed by atoms with Crippen molar-refractivity contribution in [2.75, 3.05) is 38.5 Å². The predicted molar refractivity (Wildman–Crippen MR) is 79.7 cm³/mol. The van der Waals surface area contributed by atoms with E-state index >= 15 is 0 Å². The fourth-order valence-corrected chi connectivity index (χ4v) is 2.33. The lowest BCUT2D eigenvalue weighted by molar-refractivity contribution is -0.0246. The molecule has 1 aromatic carbocycles. The van der Waals surface area contributed by atoms with Crippen LogP contribution in [0, 0.1) is 12.7 Å². The Labute approximate surface area is 124 Å². The molecule has 1 heterocycles. The molecule has 6 heteroatoms. The summed E-state index contributed by atoms with van der Waals surface area (Å²) in [6.45, 7) is 7.43. The Morgan fingerprint density at radius 2 is 2.33 bits per heavy atom. The molecule has 1 atom stereocenters. The number of halogens is 1. The highest BCUT2D eigenvalue weighted by molar-refractivity contribution is 5.95. The van der Waals surface area contributed by atoms with Crippen LogP contribution in [0.15, 0.2) is 12.1 Å². The van der Waals surface area contributed by atoms with Gasteiger partial charge in [-0.15, -0.1) is 0 Å². The molecular weight excluding hydrogens is 273 g/mol. The summed E-state index contributed by atoms with van der Waals surface area (Å²) in [5.41, 5.74) is 6.56. The SMILES string of the molecule is CCN1CCOC(CNC(=O)c2cc(N)c(C)c(F)c2)C1. The molecule has 2 rings (SSSR count). The van der Waals surface area contributed by atoms with Gasteiger partial charge in [-0.2, -0.15) is 0 Å². The standard InChI is InChI=1S/C15H22FN3O2/c1-3-19-4-5-21-12(9-19)8-18-15(20)11-6-13(16)10(2)14(17)7-11/h6-7,12H,3-5,8-9,17H2,1-2H3,(H,18,20). The third-order valence-corrected chi connectivity index (χ3v) is 3.81. The van der Waals surface area contributed by atoms with Crippen LogP contribution in [0.5, 0.6) is 0 Å². The van der Waals surface area contributed by atoms with Gasteiger partial charge >= 0.3 is 0 Å². The highest BCUT2D eigenvalue weighted by Gasteiger charge is 2.20. The molecule has 1 aliphatic rings. The van der Waals surface area contributed by atoms with Crippen LogP contribution >= 0.6 is 0 Å². The van der Waals surface area contributed by atoms with Crippen molar-refractivity contribution in [2.45, 2.75) is 20.0 Å². The Kier molecular flexibility index (Phi) is 5.14. The normalized spacial score (nSPS) is 19.5. The van der Waals surface area contributed by atoms with Crippen LogP contribution < -0.4 is 11.1 Å². The van der Waals surface area contributed by atoms with E-state index in [-0.39, 0.29) is 23.3 Å². The molecule has 0 saturated carbocycles. The van der Waals surface area contributed by atoms with Gasteiger partial charge in [0.05, 0.1) is 12.7 Å². The van der Waals surface area contributed by atoms with Crippen LogP contribution in [0.1, 0.15) is 22.8 Å². The molecule has 1 amide bonds. The lowest BCUT2D eigenvalue weighted by Crippen LogP contribution is -2.47. The molecule has 1 fully saturated rings. The lowest BCUT2D eigenvalue weighted by atomic mass is 10.1. The molecule has 1 aliphatic heterocycles. The Bertz CT molecular complexity index is 499. The molecule has 21 heavy (non-hydrogen) atoms. The molecule has 0 aromatic heterocycles. The maximum atomic E-state index is 13.6. The number of benzene rings is 1. The Balaban J connectivity index is 1.93. The van der Waals surface area contributed by atoms with Gasteiger partial charge < -0.3 is 15.8 Å². The van der Waals surface area contributed by atoms with Crippen LogP contribution in [0.4, 0.5) is 10.1 Å². The molecule has 1 aromatic rings. The third-order valence-electron chi connectivity index (χ3n) is 3.81. The first-order valence-corrected chi connectivity index (χ1v) is 7.19. The highest BCUT2D eigenvalue weighted by Crippen LogP contribution is 2.17. The molecule has 116 valence electrons. The number of hydrogen-bond acceptors (Lipinski definition) is 4. The fraction of sp³-hybridized carbons (Fsp3) is 0.533. The highest BCUT2D eigenvalue weighted by atomic mass is 19.1. The number of rotatable bonds is 4. The largest absolute Gasteiger partial charge is 0.398 e. The van der Waals surface area contributed by atoms with Crippen LogP contribution in [-0.4, -0.2) is 49.7 Å². The first-order valence-electron chi connectivity index (χ1n) is 7.19. The second-order valence-corrected chi connectivity index (χ2v) is 5.27. The third kappa shape index (κ3) is 3.92. The van der Waals surface area contributed by atoms with Gasteiger partial charge in [-0.05, 0) is 25.6 Å². The van der Waals surface area contributed by atoms with Gasteiger partial charge in [0.1, 0.15) is 5.82 Å². The first kappa shape index (κ1) is 15.7. The number of morpholine rings is 1. The maximum absolute atomic E-state index is 13.6. The van der Waals surface area contributed by atoms with E-state index in [0.29, 0.717) is 18.7 Å². The van der Waals surface area contributed by atoms with Crippen molar-refractivity contribution in [1.29, 1.82) is 0 Å². The minimum Gasteiger partial charge on any atom is -0.398 e. The van der Waals surface area contributed by atoms with Crippen molar-refractivity contribution in [3.8, 4) is 0 Å². The number of amides is 1. The van der Waals surface area contributed by atoms with E-state index in [9.17, 15) is 9.18 Å². The summed E-state index contributed by atoms with van der Waals surface area (Å²) in [5.74, 6) is -0.802. The van der Waals surface area contributed by atoms with Gasteiger partial charge in [0, 0.05) is 36.4 Å². The van der Waals surface area contributed by atoms with Gasteiger partial charge in [-0.25, -0.2) is 4.39 Å². The summed E-state index contributed by atoms with van der Waals surface area (Å²) >= 11 is 0. The first-order chi connectivity index (χ1) is 10.0. The molecule has 3 N–H and O–H groups in total. The van der Waals surface area contributed by atoms with Crippen molar-refractivity contribution >= 4 is 11.6 Å². The zero-order valence-electron chi connectivity index (χ0n) is 12.5. The van der Waals surface area contributed by atoms with E-state index in [1.165, 1.54) is 12.1 Å². The zero-order valence-corrected chi connectivity index (χ0v) is 12.5. The summed E-state index contributed by atoms with van der Waals surface area (Å²) in [6.07, 6.45) is -0.0321. The van der Waals surface area contributed by atoms with Gasteiger partial charge in [-0.1, -0.05) is 6.92 Å². The molecule has 0 spiro atoms. The van der Waals surface area contributed by atoms with Gasteiger partial charge in [0.15, 0.2) is 0 Å². The number of carbonyl (C=O) groups excluding carboxylic acids is 1. The van der Waals surface area contributed by atoms with Crippen LogP contribution in [0.3, 0.4) is 0 Å². The number of nitrogens with zero attached hydrogens (tertiary/aromatic N) is 1. The molecule has 5 nitrogen and oxygen atoms in total. The van der Waals surface area contributed by atoms with Gasteiger partial charge in [0.2, 0.25) is 0 Å². The second-order valence-electron chi connectivity index (χ2n) is 5.27. The molecule has 0 aliphatic carbocycles. The van der Waals surface area contributed by atoms with Crippen LogP contribution in [-0.2, 0) is 4.74 Å². The Morgan fingerprint density at radius 3 is 3.00 bits per heavy atom. The Hall–Kier alpha value is -1.66. The quantitative estimate of drug-likeness (QED) is 0.818. The van der Waals surface area contributed by atoms with Crippen molar-refractivity contribution in [3.05, 3.63) is 29.1 Å². The number of ether oxygens (including phenoxy) is 1. The van der Waals surface area contributed by atoms with Crippen molar-refractivity contribution in [3.63, 3.8) is 0 Å². The van der Waals surface area contributed by atoms with Crippen molar-refractivity contribution < 1.29 is 13.9 Å². The van der Waals surface area contributed by atoms with E-state index in [4.69, 9.17) is 10.5 Å². The Morgan fingerprint density at radius 1 is 1.57 bits per heavy atom. The minimum absolute atomic E-state index is 0.0321. The van der Waals surface area contributed by atoms with Crippen LogP contribution in [0.25, 0.3) is 0 Å². The molecule has 0 bridgehead atoms. The van der Waals surface area contributed by atoms with Crippen LogP contribution in [0.2, 0.25) is 0 Å². The monoisotopic (exact) mass is 295 g/mol.